The van der Waals surface area contributed by atoms with Gasteiger partial charge in [-0.2, -0.15) is 0 Å². The first kappa shape index (κ1) is 19.6. The average Bonchev–Trinajstić information content (AvgIpc) is 2.88. The highest BCUT2D eigenvalue weighted by atomic mass is 17.3. The fourth-order valence-corrected chi connectivity index (χ4v) is 5.58. The monoisotopic (exact) mass is 384 g/mol. The van der Waals surface area contributed by atoms with Gasteiger partial charge in [-0.3, -0.25) is 4.79 Å². The van der Waals surface area contributed by atoms with Gasteiger partial charge in [0.1, 0.15) is 0 Å². The molecule has 1 unspecified atom stereocenters. The van der Waals surface area contributed by atoms with E-state index in [1.807, 2.05) is 6.92 Å². The quantitative estimate of drug-likeness (QED) is 0.409. The van der Waals surface area contributed by atoms with E-state index < -0.39 is 17.7 Å². The van der Waals surface area contributed by atoms with Gasteiger partial charge < -0.3 is 18.9 Å². The van der Waals surface area contributed by atoms with Gasteiger partial charge >= 0.3 is 5.97 Å². The van der Waals surface area contributed by atoms with Crippen LogP contribution in [-0.4, -0.2) is 43.7 Å². The Kier molecular flexibility index (Phi) is 5.27. The standard InChI is InChI=1S/C20H32O7/c1-12-7-8-15-13(2)17(23-11-5-6-16(21)22-4)24-18-20(15)14(12)9-10-19(3,25-18)26-27-20/h12-15,17-18H,5-11H2,1-4H3/t12-,13-,14+,15+,17?,18-,19-,20-/m1/s1. The molecule has 1 aliphatic carbocycles. The van der Waals surface area contributed by atoms with E-state index in [1.165, 1.54) is 13.5 Å². The molecule has 8 atom stereocenters. The molecule has 0 N–H and O–H groups in total. The molecule has 0 aromatic heterocycles. The van der Waals surface area contributed by atoms with Gasteiger partial charge in [-0.05, 0) is 44.4 Å². The molecule has 0 amide bonds. The molecule has 5 rings (SSSR count). The molecule has 0 radical (unpaired) electrons. The molecule has 0 aromatic rings. The van der Waals surface area contributed by atoms with Crippen LogP contribution in [0, 0.1) is 23.7 Å². The molecule has 1 spiro atoms. The first-order valence-electron chi connectivity index (χ1n) is 10.3. The second-order valence-electron chi connectivity index (χ2n) is 8.82. The van der Waals surface area contributed by atoms with E-state index in [1.54, 1.807) is 0 Å². The molecular formula is C20H32O7. The summed E-state index contributed by atoms with van der Waals surface area (Å²) in [6.45, 7) is 6.84. The summed E-state index contributed by atoms with van der Waals surface area (Å²) < 4.78 is 23.3. The van der Waals surface area contributed by atoms with E-state index in [-0.39, 0.29) is 24.1 Å². The lowest BCUT2D eigenvalue weighted by molar-refractivity contribution is -0.577. The van der Waals surface area contributed by atoms with Gasteiger partial charge in [0.25, 0.3) is 0 Å². The van der Waals surface area contributed by atoms with Crippen LogP contribution >= 0.6 is 0 Å². The summed E-state index contributed by atoms with van der Waals surface area (Å²) in [5, 5.41) is 0. The van der Waals surface area contributed by atoms with Crippen LogP contribution < -0.4 is 0 Å². The van der Waals surface area contributed by atoms with E-state index in [9.17, 15) is 4.79 Å². The first-order valence-corrected chi connectivity index (χ1v) is 10.3. The van der Waals surface area contributed by atoms with Crippen molar-refractivity contribution in [3.05, 3.63) is 0 Å². The minimum Gasteiger partial charge on any atom is -0.469 e. The van der Waals surface area contributed by atoms with Gasteiger partial charge in [0.2, 0.25) is 5.79 Å². The number of carbonyl (C=O) groups excluding carboxylic acids is 1. The van der Waals surface area contributed by atoms with Crippen LogP contribution in [-0.2, 0) is 33.5 Å². The normalized spacial score (nSPS) is 48.6. The third-order valence-corrected chi connectivity index (χ3v) is 7.13. The Balaban J connectivity index is 1.51. The summed E-state index contributed by atoms with van der Waals surface area (Å²) in [4.78, 5) is 23.2. The van der Waals surface area contributed by atoms with Crippen molar-refractivity contribution in [3.63, 3.8) is 0 Å². The lowest BCUT2D eigenvalue weighted by atomic mass is 9.58. The Bertz CT molecular complexity index is 569. The van der Waals surface area contributed by atoms with Crippen LogP contribution in [0.15, 0.2) is 0 Å². The first-order chi connectivity index (χ1) is 12.9. The predicted molar refractivity (Wildman–Crippen MR) is 94.0 cm³/mol. The van der Waals surface area contributed by atoms with Gasteiger partial charge in [0.15, 0.2) is 18.2 Å². The predicted octanol–water partition coefficient (Wildman–Crippen LogP) is 3.16. The molecule has 5 aliphatic rings. The molecule has 5 fully saturated rings. The molecule has 2 bridgehead atoms. The maximum atomic E-state index is 11.3. The van der Waals surface area contributed by atoms with Gasteiger partial charge in [-0.15, -0.1) is 0 Å². The van der Waals surface area contributed by atoms with E-state index in [0.29, 0.717) is 31.3 Å². The third kappa shape index (κ3) is 3.21. The van der Waals surface area contributed by atoms with Crippen molar-refractivity contribution in [1.82, 2.24) is 0 Å². The fraction of sp³-hybridized carbons (Fsp3) is 0.950. The molecule has 27 heavy (non-hydrogen) atoms. The highest BCUT2D eigenvalue weighted by Gasteiger charge is 2.69. The Morgan fingerprint density at radius 1 is 1.15 bits per heavy atom. The van der Waals surface area contributed by atoms with Gasteiger partial charge in [-0.1, -0.05) is 13.8 Å². The third-order valence-electron chi connectivity index (χ3n) is 7.13. The number of methoxy groups -OCH3 is 1. The van der Waals surface area contributed by atoms with Crippen LogP contribution in [0.4, 0.5) is 0 Å². The Hall–Kier alpha value is -0.730. The largest absolute Gasteiger partial charge is 0.469 e. The number of ether oxygens (including phenoxy) is 4. The average molecular weight is 384 g/mol. The second-order valence-corrected chi connectivity index (χ2v) is 8.82. The highest BCUT2D eigenvalue weighted by molar-refractivity contribution is 5.68. The molecule has 4 aliphatic heterocycles. The number of esters is 1. The van der Waals surface area contributed by atoms with Crippen molar-refractivity contribution in [2.75, 3.05) is 13.7 Å². The van der Waals surface area contributed by atoms with E-state index >= 15 is 0 Å². The molecular weight excluding hydrogens is 352 g/mol. The Labute approximate surface area is 160 Å². The van der Waals surface area contributed by atoms with Crippen LogP contribution in [0.1, 0.15) is 59.3 Å². The van der Waals surface area contributed by atoms with Gasteiger partial charge in [0.05, 0.1) is 13.7 Å². The van der Waals surface area contributed by atoms with Crippen LogP contribution in [0.25, 0.3) is 0 Å². The lowest BCUT2D eigenvalue weighted by Gasteiger charge is -2.60. The Morgan fingerprint density at radius 3 is 2.74 bits per heavy atom. The summed E-state index contributed by atoms with van der Waals surface area (Å²) in [6, 6.07) is 0. The highest BCUT2D eigenvalue weighted by Crippen LogP contribution is 2.60. The maximum absolute atomic E-state index is 11.3. The van der Waals surface area contributed by atoms with E-state index in [4.69, 9.17) is 24.0 Å². The minimum atomic E-state index is -0.770. The zero-order valence-electron chi connectivity index (χ0n) is 16.8. The van der Waals surface area contributed by atoms with Crippen LogP contribution in [0.2, 0.25) is 0 Å². The molecule has 0 aromatic carbocycles. The molecule has 7 heteroatoms. The number of fused-ring (bicyclic) bond motifs is 2. The van der Waals surface area contributed by atoms with Crippen molar-refractivity contribution in [2.24, 2.45) is 23.7 Å². The fourth-order valence-electron chi connectivity index (χ4n) is 5.58. The minimum absolute atomic E-state index is 0.157. The number of rotatable bonds is 5. The molecule has 1 saturated carbocycles. The van der Waals surface area contributed by atoms with Crippen molar-refractivity contribution < 1.29 is 33.5 Å². The molecule has 154 valence electrons. The van der Waals surface area contributed by atoms with Gasteiger partial charge in [0, 0.05) is 24.7 Å². The number of hydrogen-bond donors (Lipinski definition) is 0. The summed E-state index contributed by atoms with van der Waals surface area (Å²) in [7, 11) is 1.40. The number of hydrogen-bond acceptors (Lipinski definition) is 7. The second kappa shape index (κ2) is 7.26. The molecule has 7 nitrogen and oxygen atoms in total. The van der Waals surface area contributed by atoms with Crippen molar-refractivity contribution >= 4 is 5.97 Å². The summed E-state index contributed by atoms with van der Waals surface area (Å²) in [5.74, 6) is 0.322. The summed E-state index contributed by atoms with van der Waals surface area (Å²) >= 11 is 0. The molecule has 4 heterocycles. The lowest BCUT2D eigenvalue weighted by Crippen LogP contribution is -2.70. The Morgan fingerprint density at radius 2 is 1.96 bits per heavy atom. The summed E-state index contributed by atoms with van der Waals surface area (Å²) in [6.07, 6.45) is 4.13. The SMILES string of the molecule is COC(=O)CCCOC1O[C@@H]2O[C@@]3(C)CC[C@H]4[C@H](C)CC[C@@H]([C@H]1C)[C@@]24OO3. The van der Waals surface area contributed by atoms with E-state index in [0.717, 1.165) is 19.3 Å². The van der Waals surface area contributed by atoms with Gasteiger partial charge in [-0.25, -0.2) is 9.78 Å². The van der Waals surface area contributed by atoms with Crippen molar-refractivity contribution in [2.45, 2.75) is 83.3 Å². The van der Waals surface area contributed by atoms with Crippen molar-refractivity contribution in [1.29, 1.82) is 0 Å². The zero-order chi connectivity index (χ0) is 19.2. The van der Waals surface area contributed by atoms with Crippen LogP contribution in [0.3, 0.4) is 0 Å². The smallest absolute Gasteiger partial charge is 0.305 e. The maximum Gasteiger partial charge on any atom is 0.305 e. The van der Waals surface area contributed by atoms with Crippen molar-refractivity contribution in [3.8, 4) is 0 Å². The topological polar surface area (TPSA) is 72.5 Å². The number of carbonyl (C=O) groups is 1. The zero-order valence-corrected chi connectivity index (χ0v) is 16.8. The summed E-state index contributed by atoms with van der Waals surface area (Å²) in [5.41, 5.74) is -0.557. The van der Waals surface area contributed by atoms with Crippen LogP contribution in [0.5, 0.6) is 0 Å². The molecule has 4 saturated heterocycles. The van der Waals surface area contributed by atoms with E-state index in [2.05, 4.69) is 18.6 Å².